The van der Waals surface area contributed by atoms with Crippen molar-refractivity contribution in [2.75, 3.05) is 31.6 Å². The van der Waals surface area contributed by atoms with Crippen LogP contribution in [-0.2, 0) is 0 Å². The number of hydrogen-bond donors (Lipinski definition) is 1. The molecule has 0 aliphatic carbocycles. The molecule has 1 aliphatic heterocycles. The molecule has 1 saturated heterocycles. The normalized spacial score (nSPS) is 20.9. The molecule has 1 fully saturated rings. The predicted molar refractivity (Wildman–Crippen MR) is 61.0 cm³/mol. The summed E-state index contributed by atoms with van der Waals surface area (Å²) in [7, 11) is 2.01. The first-order valence-electron chi connectivity index (χ1n) is 5.48. The van der Waals surface area contributed by atoms with Crippen molar-refractivity contribution >= 4 is 5.82 Å². The molecule has 2 rings (SSSR count). The lowest BCUT2D eigenvalue weighted by Crippen LogP contribution is -2.24. The standard InChI is InChI=1S/C11H18N4/c1-9-5-11(14-8-13-9)15-4-3-10(7-15)6-12-2/h5,8,10,12H,3-4,6-7H2,1-2H3. The maximum absolute atomic E-state index is 4.31. The van der Waals surface area contributed by atoms with Crippen LogP contribution in [-0.4, -0.2) is 36.6 Å². The minimum atomic E-state index is 0.755. The van der Waals surface area contributed by atoms with Crippen molar-refractivity contribution in [1.82, 2.24) is 15.3 Å². The zero-order chi connectivity index (χ0) is 10.7. The quantitative estimate of drug-likeness (QED) is 0.795. The first-order chi connectivity index (χ1) is 7.29. The summed E-state index contributed by atoms with van der Waals surface area (Å²) in [5.74, 6) is 1.83. The van der Waals surface area contributed by atoms with Crippen LogP contribution in [0.5, 0.6) is 0 Å². The van der Waals surface area contributed by atoms with Gasteiger partial charge in [0.25, 0.3) is 0 Å². The molecular formula is C11H18N4. The largest absolute Gasteiger partial charge is 0.356 e. The van der Waals surface area contributed by atoms with Gasteiger partial charge in [0.05, 0.1) is 0 Å². The van der Waals surface area contributed by atoms with Crippen molar-refractivity contribution in [1.29, 1.82) is 0 Å². The number of rotatable bonds is 3. The second-order valence-corrected chi connectivity index (χ2v) is 4.18. The highest BCUT2D eigenvalue weighted by Crippen LogP contribution is 2.21. The number of nitrogens with one attached hydrogen (secondary N) is 1. The van der Waals surface area contributed by atoms with Crippen molar-refractivity contribution in [2.45, 2.75) is 13.3 Å². The van der Waals surface area contributed by atoms with Gasteiger partial charge in [-0.05, 0) is 32.9 Å². The van der Waals surface area contributed by atoms with E-state index in [1.807, 2.05) is 14.0 Å². The van der Waals surface area contributed by atoms with Gasteiger partial charge in [-0.2, -0.15) is 0 Å². The fourth-order valence-electron chi connectivity index (χ4n) is 2.11. The molecule has 4 nitrogen and oxygen atoms in total. The lowest BCUT2D eigenvalue weighted by Gasteiger charge is -2.17. The maximum atomic E-state index is 4.31. The molecular weight excluding hydrogens is 188 g/mol. The first kappa shape index (κ1) is 10.4. The Labute approximate surface area is 90.7 Å². The molecule has 1 aromatic heterocycles. The van der Waals surface area contributed by atoms with Gasteiger partial charge in [0.15, 0.2) is 0 Å². The average Bonchev–Trinajstić information content (AvgIpc) is 2.67. The fourth-order valence-corrected chi connectivity index (χ4v) is 2.11. The number of aromatic nitrogens is 2. The number of nitrogens with zero attached hydrogens (tertiary/aromatic N) is 3. The van der Waals surface area contributed by atoms with Crippen LogP contribution in [0.4, 0.5) is 5.82 Å². The van der Waals surface area contributed by atoms with Crippen LogP contribution in [0, 0.1) is 12.8 Å². The smallest absolute Gasteiger partial charge is 0.132 e. The molecule has 0 amide bonds. The van der Waals surface area contributed by atoms with Gasteiger partial charge in [0.2, 0.25) is 0 Å². The molecule has 0 aromatic carbocycles. The zero-order valence-electron chi connectivity index (χ0n) is 9.40. The van der Waals surface area contributed by atoms with Crippen LogP contribution >= 0.6 is 0 Å². The highest BCUT2D eigenvalue weighted by Gasteiger charge is 2.22. The highest BCUT2D eigenvalue weighted by atomic mass is 15.2. The molecule has 0 radical (unpaired) electrons. The van der Waals surface area contributed by atoms with Crippen molar-refractivity contribution in [3.63, 3.8) is 0 Å². The molecule has 4 heteroatoms. The molecule has 1 atom stereocenters. The van der Waals surface area contributed by atoms with Crippen LogP contribution in [0.15, 0.2) is 12.4 Å². The predicted octanol–water partition coefficient (Wildman–Crippen LogP) is 0.831. The average molecular weight is 206 g/mol. The Morgan fingerprint density at radius 2 is 2.40 bits per heavy atom. The molecule has 1 aromatic rings. The Hall–Kier alpha value is -1.16. The number of anilines is 1. The molecule has 82 valence electrons. The molecule has 1 aliphatic rings. The molecule has 0 saturated carbocycles. The summed E-state index contributed by atoms with van der Waals surface area (Å²) in [5, 5.41) is 3.23. The van der Waals surface area contributed by atoms with E-state index in [9.17, 15) is 0 Å². The summed E-state index contributed by atoms with van der Waals surface area (Å²) in [5.41, 5.74) is 1.04. The third-order valence-corrected chi connectivity index (χ3v) is 2.89. The Morgan fingerprint density at radius 3 is 3.13 bits per heavy atom. The van der Waals surface area contributed by atoms with Crippen LogP contribution in [0.3, 0.4) is 0 Å². The van der Waals surface area contributed by atoms with Crippen molar-refractivity contribution in [2.24, 2.45) is 5.92 Å². The van der Waals surface area contributed by atoms with Gasteiger partial charge in [-0.1, -0.05) is 0 Å². The van der Waals surface area contributed by atoms with Gasteiger partial charge in [0, 0.05) is 24.8 Å². The topological polar surface area (TPSA) is 41.0 Å². The minimum absolute atomic E-state index is 0.755. The van der Waals surface area contributed by atoms with Crippen LogP contribution in [0.1, 0.15) is 12.1 Å². The Morgan fingerprint density at radius 1 is 1.53 bits per heavy atom. The lowest BCUT2D eigenvalue weighted by atomic mass is 10.1. The van der Waals surface area contributed by atoms with Gasteiger partial charge in [0.1, 0.15) is 12.1 Å². The van der Waals surface area contributed by atoms with E-state index in [4.69, 9.17) is 0 Å². The summed E-state index contributed by atoms with van der Waals surface area (Å²) >= 11 is 0. The molecule has 0 spiro atoms. The summed E-state index contributed by atoms with van der Waals surface area (Å²) in [6.45, 7) is 5.33. The fraction of sp³-hybridized carbons (Fsp3) is 0.636. The van der Waals surface area contributed by atoms with Gasteiger partial charge >= 0.3 is 0 Å². The highest BCUT2D eigenvalue weighted by molar-refractivity contribution is 5.39. The minimum Gasteiger partial charge on any atom is -0.356 e. The molecule has 0 bridgehead atoms. The van der Waals surface area contributed by atoms with E-state index in [0.29, 0.717) is 0 Å². The van der Waals surface area contributed by atoms with E-state index in [2.05, 4.69) is 26.3 Å². The third-order valence-electron chi connectivity index (χ3n) is 2.89. The molecule has 1 unspecified atom stereocenters. The SMILES string of the molecule is CNCC1CCN(c2cc(C)ncn2)C1. The van der Waals surface area contributed by atoms with Crippen LogP contribution in [0.25, 0.3) is 0 Å². The zero-order valence-corrected chi connectivity index (χ0v) is 9.40. The second-order valence-electron chi connectivity index (χ2n) is 4.18. The lowest BCUT2D eigenvalue weighted by molar-refractivity contribution is 0.549. The van der Waals surface area contributed by atoms with Crippen molar-refractivity contribution < 1.29 is 0 Å². The second kappa shape index (κ2) is 4.57. The van der Waals surface area contributed by atoms with E-state index in [1.165, 1.54) is 6.42 Å². The van der Waals surface area contributed by atoms with E-state index < -0.39 is 0 Å². The van der Waals surface area contributed by atoms with Gasteiger partial charge in [-0.15, -0.1) is 0 Å². The van der Waals surface area contributed by atoms with Gasteiger partial charge in [-0.25, -0.2) is 9.97 Å². The van der Waals surface area contributed by atoms with E-state index in [1.54, 1.807) is 6.33 Å². The van der Waals surface area contributed by atoms with Gasteiger partial charge < -0.3 is 10.2 Å². The molecule has 2 heterocycles. The summed E-state index contributed by atoms with van der Waals surface area (Å²) < 4.78 is 0. The monoisotopic (exact) mass is 206 g/mol. The van der Waals surface area contributed by atoms with E-state index in [0.717, 1.165) is 37.1 Å². The Kier molecular flexibility index (Phi) is 3.16. The molecule has 1 N–H and O–H groups in total. The van der Waals surface area contributed by atoms with Crippen LogP contribution in [0.2, 0.25) is 0 Å². The first-order valence-corrected chi connectivity index (χ1v) is 5.48. The van der Waals surface area contributed by atoms with Crippen LogP contribution < -0.4 is 10.2 Å². The Balaban J connectivity index is 2.01. The van der Waals surface area contributed by atoms with E-state index >= 15 is 0 Å². The number of aryl methyl sites for hydroxylation is 1. The van der Waals surface area contributed by atoms with E-state index in [-0.39, 0.29) is 0 Å². The van der Waals surface area contributed by atoms with Crippen molar-refractivity contribution in [3.05, 3.63) is 18.1 Å². The maximum Gasteiger partial charge on any atom is 0.132 e. The van der Waals surface area contributed by atoms with Crippen molar-refractivity contribution in [3.8, 4) is 0 Å². The molecule has 15 heavy (non-hydrogen) atoms. The summed E-state index contributed by atoms with van der Waals surface area (Å²) in [4.78, 5) is 10.8. The summed E-state index contributed by atoms with van der Waals surface area (Å²) in [6, 6.07) is 2.06. The summed E-state index contributed by atoms with van der Waals surface area (Å²) in [6.07, 6.45) is 2.90. The van der Waals surface area contributed by atoms with Gasteiger partial charge in [-0.3, -0.25) is 0 Å². The number of hydrogen-bond acceptors (Lipinski definition) is 4. The third kappa shape index (κ3) is 2.45. The Bertz CT molecular complexity index is 326.